The number of ether oxygens (including phenoxy) is 2. The lowest BCUT2D eigenvalue weighted by Crippen LogP contribution is -2.02. The van der Waals surface area contributed by atoms with Crippen molar-refractivity contribution in [1.82, 2.24) is 19.7 Å². The third-order valence-electron chi connectivity index (χ3n) is 5.10. The van der Waals surface area contributed by atoms with Gasteiger partial charge in [0, 0.05) is 12.6 Å². The normalized spacial score (nSPS) is 11.1. The molecule has 2 aromatic heterocycles. The molecule has 0 saturated heterocycles. The van der Waals surface area contributed by atoms with E-state index in [0.717, 1.165) is 29.6 Å². The van der Waals surface area contributed by atoms with E-state index in [2.05, 4.69) is 12.0 Å². The number of fused-ring (bicyclic) bond motifs is 1. The van der Waals surface area contributed by atoms with Crippen LogP contribution in [0.5, 0.6) is 11.5 Å². The Morgan fingerprint density at radius 3 is 2.45 bits per heavy atom. The van der Waals surface area contributed by atoms with Crippen molar-refractivity contribution in [3.63, 3.8) is 0 Å². The Labute approximate surface area is 180 Å². The minimum atomic E-state index is -0.465. The number of aryl methyl sites for hydroxylation is 2. The highest BCUT2D eigenvalue weighted by molar-refractivity contribution is 5.93. The van der Waals surface area contributed by atoms with Crippen molar-refractivity contribution in [2.75, 3.05) is 13.7 Å². The number of rotatable bonds is 7. The van der Waals surface area contributed by atoms with Crippen LogP contribution in [0.1, 0.15) is 26.0 Å². The van der Waals surface area contributed by atoms with Gasteiger partial charge in [-0.15, -0.1) is 0 Å². The highest BCUT2D eigenvalue weighted by Gasteiger charge is 2.23. The van der Waals surface area contributed by atoms with E-state index in [1.165, 1.54) is 7.11 Å². The molecule has 0 radical (unpaired) electrons. The highest BCUT2D eigenvalue weighted by Crippen LogP contribution is 2.36. The van der Waals surface area contributed by atoms with Gasteiger partial charge in [-0.05, 0) is 37.6 Å². The quantitative estimate of drug-likeness (QED) is 0.411. The van der Waals surface area contributed by atoms with Gasteiger partial charge < -0.3 is 9.47 Å². The summed E-state index contributed by atoms with van der Waals surface area (Å²) < 4.78 is 28.0. The first-order chi connectivity index (χ1) is 15.1. The fraction of sp³-hybridized carbons (Fsp3) is 0.292. The van der Waals surface area contributed by atoms with Crippen LogP contribution in [0, 0.1) is 5.82 Å². The third-order valence-corrected chi connectivity index (χ3v) is 5.10. The Morgan fingerprint density at radius 2 is 1.71 bits per heavy atom. The summed E-state index contributed by atoms with van der Waals surface area (Å²) in [7, 11) is 3.28. The van der Waals surface area contributed by atoms with Crippen LogP contribution >= 0.6 is 0 Å². The molecule has 4 rings (SSSR count). The minimum Gasteiger partial charge on any atom is -0.494 e. The van der Waals surface area contributed by atoms with Crippen molar-refractivity contribution in [3.05, 3.63) is 54.0 Å². The van der Waals surface area contributed by atoms with Crippen molar-refractivity contribution in [1.29, 1.82) is 0 Å². The van der Waals surface area contributed by atoms with Gasteiger partial charge in [-0.3, -0.25) is 4.68 Å². The highest BCUT2D eigenvalue weighted by atomic mass is 19.1. The second-order valence-corrected chi connectivity index (χ2v) is 7.16. The Morgan fingerprint density at radius 1 is 0.968 bits per heavy atom. The lowest BCUT2D eigenvalue weighted by Gasteiger charge is -2.13. The monoisotopic (exact) mass is 420 g/mol. The molecule has 0 aliphatic rings. The number of hydrogen-bond donors (Lipinski definition) is 0. The summed E-state index contributed by atoms with van der Waals surface area (Å²) in [5, 5.41) is 4.66. The molecule has 2 aromatic carbocycles. The predicted molar refractivity (Wildman–Crippen MR) is 119 cm³/mol. The molecule has 0 N–H and O–H groups in total. The van der Waals surface area contributed by atoms with Crippen LogP contribution < -0.4 is 9.47 Å². The first-order valence-corrected chi connectivity index (χ1v) is 10.4. The fourth-order valence-corrected chi connectivity index (χ4v) is 3.74. The lowest BCUT2D eigenvalue weighted by molar-refractivity contribution is 0.341. The summed E-state index contributed by atoms with van der Waals surface area (Å²) in [5.41, 5.74) is 3.84. The molecule has 0 unspecified atom stereocenters. The summed E-state index contributed by atoms with van der Waals surface area (Å²) in [5.74, 6) is 0.852. The molecule has 0 bridgehead atoms. The van der Waals surface area contributed by atoms with Crippen molar-refractivity contribution in [2.24, 2.45) is 7.05 Å². The maximum atomic E-state index is 15.3. The summed E-state index contributed by atoms with van der Waals surface area (Å²) in [4.78, 5) is 9.67. The molecule has 7 heteroatoms. The number of aromatic nitrogens is 4. The molecule has 31 heavy (non-hydrogen) atoms. The largest absolute Gasteiger partial charge is 0.494 e. The average Bonchev–Trinajstić information content (AvgIpc) is 3.10. The number of para-hydroxylation sites is 1. The topological polar surface area (TPSA) is 62.1 Å². The SMILES string of the molecule is CCCc1nn(C)c2c(-c3cccc(OC)c3F)nc(-c3ccccc3OCC)nc12. The third kappa shape index (κ3) is 3.71. The maximum absolute atomic E-state index is 15.3. The molecule has 0 fully saturated rings. The first-order valence-electron chi connectivity index (χ1n) is 10.4. The average molecular weight is 420 g/mol. The van der Waals surface area contributed by atoms with Gasteiger partial charge in [0.05, 0.1) is 25.0 Å². The van der Waals surface area contributed by atoms with E-state index in [1.807, 2.05) is 38.2 Å². The molecular weight excluding hydrogens is 395 g/mol. The van der Waals surface area contributed by atoms with Gasteiger partial charge in [0.25, 0.3) is 0 Å². The van der Waals surface area contributed by atoms with E-state index in [9.17, 15) is 0 Å². The van der Waals surface area contributed by atoms with Gasteiger partial charge >= 0.3 is 0 Å². The van der Waals surface area contributed by atoms with Gasteiger partial charge in [-0.2, -0.15) is 5.10 Å². The smallest absolute Gasteiger partial charge is 0.174 e. The van der Waals surface area contributed by atoms with E-state index in [4.69, 9.17) is 19.4 Å². The van der Waals surface area contributed by atoms with Gasteiger partial charge in [0.1, 0.15) is 22.5 Å². The van der Waals surface area contributed by atoms with E-state index in [1.54, 1.807) is 22.9 Å². The van der Waals surface area contributed by atoms with Crippen LogP contribution in [0.15, 0.2) is 42.5 Å². The Hall–Kier alpha value is -3.48. The molecule has 0 saturated carbocycles. The standard InChI is InChI=1S/C24H25FN4O2/c1-5-10-17-22-23(29(3)28-17)21(16-12-9-14-19(30-4)20(16)25)26-24(27-22)15-11-7-8-13-18(15)31-6-2/h7-9,11-14H,5-6,10H2,1-4H3. The van der Waals surface area contributed by atoms with E-state index in [0.29, 0.717) is 35.0 Å². The zero-order chi connectivity index (χ0) is 22.0. The summed E-state index contributed by atoms with van der Waals surface area (Å²) in [6.07, 6.45) is 1.69. The molecule has 0 spiro atoms. The number of methoxy groups -OCH3 is 1. The Bertz CT molecular complexity index is 1240. The Kier molecular flexibility index (Phi) is 5.84. The summed E-state index contributed by atoms with van der Waals surface area (Å²) in [6, 6.07) is 12.7. The zero-order valence-corrected chi connectivity index (χ0v) is 18.1. The molecule has 0 amide bonds. The second-order valence-electron chi connectivity index (χ2n) is 7.16. The van der Waals surface area contributed by atoms with E-state index >= 15 is 4.39 Å². The first kappa shape index (κ1) is 20.8. The fourth-order valence-electron chi connectivity index (χ4n) is 3.74. The van der Waals surface area contributed by atoms with Gasteiger partial charge in [0.15, 0.2) is 17.4 Å². The van der Waals surface area contributed by atoms with Crippen LogP contribution in [-0.2, 0) is 13.5 Å². The van der Waals surface area contributed by atoms with Crippen molar-refractivity contribution in [2.45, 2.75) is 26.7 Å². The molecule has 160 valence electrons. The Balaban J connectivity index is 2.06. The number of nitrogens with zero attached hydrogens (tertiary/aromatic N) is 4. The van der Waals surface area contributed by atoms with Crippen LogP contribution in [0.2, 0.25) is 0 Å². The minimum absolute atomic E-state index is 0.163. The lowest BCUT2D eigenvalue weighted by atomic mass is 10.1. The van der Waals surface area contributed by atoms with Crippen molar-refractivity contribution in [3.8, 4) is 34.1 Å². The molecule has 0 atom stereocenters. The van der Waals surface area contributed by atoms with E-state index < -0.39 is 5.82 Å². The van der Waals surface area contributed by atoms with E-state index in [-0.39, 0.29) is 5.75 Å². The van der Waals surface area contributed by atoms with Crippen molar-refractivity contribution < 1.29 is 13.9 Å². The number of halogens is 1. The summed E-state index contributed by atoms with van der Waals surface area (Å²) >= 11 is 0. The summed E-state index contributed by atoms with van der Waals surface area (Å²) in [6.45, 7) is 4.54. The van der Waals surface area contributed by atoms with Crippen LogP contribution in [0.3, 0.4) is 0 Å². The number of hydrogen-bond acceptors (Lipinski definition) is 5. The van der Waals surface area contributed by atoms with Crippen LogP contribution in [0.4, 0.5) is 4.39 Å². The second kappa shape index (κ2) is 8.71. The molecule has 4 aromatic rings. The predicted octanol–water partition coefficient (Wildman–Crippen LogP) is 5.20. The van der Waals surface area contributed by atoms with Gasteiger partial charge in [-0.1, -0.05) is 31.5 Å². The molecular formula is C24H25FN4O2. The molecule has 2 heterocycles. The van der Waals surface area contributed by atoms with Crippen molar-refractivity contribution >= 4 is 11.0 Å². The number of benzene rings is 2. The maximum Gasteiger partial charge on any atom is 0.174 e. The van der Waals surface area contributed by atoms with Crippen LogP contribution in [-0.4, -0.2) is 33.5 Å². The zero-order valence-electron chi connectivity index (χ0n) is 18.1. The van der Waals surface area contributed by atoms with Gasteiger partial charge in [0.2, 0.25) is 0 Å². The molecule has 0 aliphatic carbocycles. The molecule has 6 nitrogen and oxygen atoms in total. The molecule has 0 aliphatic heterocycles. The van der Waals surface area contributed by atoms with Gasteiger partial charge in [-0.25, -0.2) is 14.4 Å². The van der Waals surface area contributed by atoms with Crippen LogP contribution in [0.25, 0.3) is 33.7 Å².